The summed E-state index contributed by atoms with van der Waals surface area (Å²) >= 11 is 6.61. The molecule has 0 radical (unpaired) electrons. The molecule has 1 amide bonds. The first kappa shape index (κ1) is 41.8. The summed E-state index contributed by atoms with van der Waals surface area (Å²) in [5, 5.41) is 10.6. The van der Waals surface area contributed by atoms with Gasteiger partial charge < -0.3 is 10.1 Å². The second-order valence-electron chi connectivity index (χ2n) is 15.2. The van der Waals surface area contributed by atoms with Crippen molar-refractivity contribution >= 4 is 55.3 Å². The van der Waals surface area contributed by atoms with Crippen molar-refractivity contribution in [3.8, 4) is 11.6 Å². The number of halogens is 7. The number of hydrogen-bond acceptors (Lipinski definition) is 10. The summed E-state index contributed by atoms with van der Waals surface area (Å²) in [7, 11) is -2.49. The summed E-state index contributed by atoms with van der Waals surface area (Å²) in [5.41, 5.74) is -2.28. The second-order valence-corrected chi connectivity index (χ2v) is 17.3. The number of ether oxygens (including phenoxy) is 1. The van der Waals surface area contributed by atoms with E-state index in [1.54, 1.807) is 24.5 Å². The Kier molecular flexibility index (Phi) is 10.2. The van der Waals surface area contributed by atoms with Gasteiger partial charge in [0.05, 0.1) is 39.3 Å². The Morgan fingerprint density at radius 1 is 1.02 bits per heavy atom. The smallest absolute Gasteiger partial charge is 0.293 e. The summed E-state index contributed by atoms with van der Waals surface area (Å²) in [6.07, 6.45) is 0.278. The average molecular weight is 913 g/mol. The van der Waals surface area contributed by atoms with Crippen molar-refractivity contribution < 1.29 is 44.3 Å². The quantitative estimate of drug-likeness (QED) is 0.123. The number of aryl methyl sites for hydroxylation is 1. The molecular formula is C40H31ClF6N10O5S. The molecule has 1 saturated carbocycles. The molecule has 5 aromatic heterocycles. The van der Waals surface area contributed by atoms with Gasteiger partial charge in [0.25, 0.3) is 17.9 Å². The molecule has 326 valence electrons. The first-order valence-electron chi connectivity index (χ1n) is 19.0. The molecule has 0 aliphatic heterocycles. The maximum absolute atomic E-state index is 15.5. The lowest BCUT2D eigenvalue weighted by Gasteiger charge is -2.24. The predicted octanol–water partition coefficient (Wildman–Crippen LogP) is 6.39. The molecule has 3 atom stereocenters. The van der Waals surface area contributed by atoms with E-state index in [9.17, 15) is 35.6 Å². The number of carbonyl (C=O) groups is 1. The molecule has 2 aliphatic carbocycles. The van der Waals surface area contributed by atoms with Crippen molar-refractivity contribution in [1.82, 2.24) is 44.4 Å². The van der Waals surface area contributed by atoms with Crippen molar-refractivity contribution in [3.63, 3.8) is 0 Å². The minimum absolute atomic E-state index is 0.0125. The summed E-state index contributed by atoms with van der Waals surface area (Å²) in [4.78, 5) is 42.2. The Balaban J connectivity index is 1.22. The number of pyridine rings is 2. The normalized spacial score (nSPS) is 16.9. The Morgan fingerprint density at radius 2 is 1.75 bits per heavy atom. The summed E-state index contributed by atoms with van der Waals surface area (Å²) in [6, 6.07) is 9.90. The molecule has 0 bridgehead atoms. The lowest BCUT2D eigenvalue weighted by molar-refractivity contribution is -0.123. The first-order chi connectivity index (χ1) is 29.9. The number of carbonyl (C=O) groups excluding carboxylic acids is 1. The van der Waals surface area contributed by atoms with Crippen molar-refractivity contribution in [2.24, 2.45) is 13.0 Å². The molecule has 0 spiro atoms. The number of fused-ring (bicyclic) bond motifs is 5. The average Bonchev–Trinajstić information content (AvgIpc) is 3.75. The largest absolute Gasteiger partial charge is 0.473 e. The number of hydrogen-bond donors (Lipinski definition) is 2. The molecule has 7 aromatic rings. The number of amides is 1. The van der Waals surface area contributed by atoms with E-state index in [2.05, 4.69) is 30.2 Å². The molecule has 9 rings (SSSR count). The second kappa shape index (κ2) is 15.4. The monoisotopic (exact) mass is 912 g/mol. The lowest BCUT2D eigenvalue weighted by Crippen LogP contribution is -2.38. The van der Waals surface area contributed by atoms with Gasteiger partial charge in [-0.25, -0.2) is 31.0 Å². The highest BCUT2D eigenvalue weighted by molar-refractivity contribution is 7.92. The van der Waals surface area contributed by atoms with Gasteiger partial charge in [0, 0.05) is 49.5 Å². The minimum Gasteiger partial charge on any atom is -0.473 e. The zero-order chi connectivity index (χ0) is 44.7. The van der Waals surface area contributed by atoms with Crippen LogP contribution in [0.2, 0.25) is 5.02 Å². The Labute approximate surface area is 356 Å². The number of rotatable bonds is 13. The van der Waals surface area contributed by atoms with Gasteiger partial charge in [0.15, 0.2) is 11.5 Å². The first-order valence-corrected chi connectivity index (χ1v) is 21.2. The van der Waals surface area contributed by atoms with Crippen LogP contribution in [0.15, 0.2) is 71.8 Å². The van der Waals surface area contributed by atoms with Crippen LogP contribution in [0.25, 0.3) is 27.6 Å². The Bertz CT molecular complexity index is 3160. The molecule has 1 fully saturated rings. The van der Waals surface area contributed by atoms with Crippen LogP contribution in [0.5, 0.6) is 5.88 Å². The van der Waals surface area contributed by atoms with Gasteiger partial charge >= 0.3 is 0 Å². The summed E-state index contributed by atoms with van der Waals surface area (Å²) in [6.45, 7) is -0.971. The third-order valence-corrected chi connectivity index (χ3v) is 11.7. The number of aromatic nitrogens is 8. The van der Waals surface area contributed by atoms with E-state index < -0.39 is 87.7 Å². The maximum atomic E-state index is 15.5. The summed E-state index contributed by atoms with van der Waals surface area (Å²) < 4.78 is 124. The van der Waals surface area contributed by atoms with E-state index in [0.717, 1.165) is 28.5 Å². The van der Waals surface area contributed by atoms with Gasteiger partial charge in [-0.3, -0.25) is 33.2 Å². The molecular weight excluding hydrogens is 882 g/mol. The van der Waals surface area contributed by atoms with Crippen LogP contribution in [0.1, 0.15) is 58.7 Å². The molecule has 15 nitrogen and oxygen atoms in total. The highest BCUT2D eigenvalue weighted by Gasteiger charge is 2.67. The number of sulfonamides is 1. The van der Waals surface area contributed by atoms with E-state index in [0.29, 0.717) is 10.7 Å². The topological polar surface area (TPSA) is 181 Å². The molecule has 5 heterocycles. The maximum Gasteiger partial charge on any atom is 0.293 e. The molecule has 0 unspecified atom stereocenters. The van der Waals surface area contributed by atoms with Crippen LogP contribution in [0, 0.1) is 17.6 Å². The summed E-state index contributed by atoms with van der Waals surface area (Å²) in [5.74, 6) is -9.21. The highest BCUT2D eigenvalue weighted by atomic mass is 35.5. The Morgan fingerprint density at radius 3 is 2.44 bits per heavy atom. The fourth-order valence-corrected chi connectivity index (χ4v) is 8.90. The van der Waals surface area contributed by atoms with Crippen LogP contribution in [0.3, 0.4) is 0 Å². The van der Waals surface area contributed by atoms with E-state index in [1.807, 2.05) is 0 Å². The van der Waals surface area contributed by atoms with Crippen LogP contribution >= 0.6 is 11.6 Å². The molecule has 2 aromatic carbocycles. The number of alkyl halides is 4. The van der Waals surface area contributed by atoms with Crippen LogP contribution in [0.4, 0.5) is 32.2 Å². The Hall–Kier alpha value is -6.55. The third kappa shape index (κ3) is 7.70. The van der Waals surface area contributed by atoms with Crippen molar-refractivity contribution in [3.05, 3.63) is 128 Å². The van der Waals surface area contributed by atoms with Crippen LogP contribution in [-0.4, -0.2) is 59.7 Å². The van der Waals surface area contributed by atoms with E-state index in [4.69, 9.17) is 21.3 Å². The molecule has 63 heavy (non-hydrogen) atoms. The predicted molar refractivity (Wildman–Crippen MR) is 214 cm³/mol. The van der Waals surface area contributed by atoms with Gasteiger partial charge in [-0.15, -0.1) is 0 Å². The van der Waals surface area contributed by atoms with E-state index >= 15 is 8.78 Å². The van der Waals surface area contributed by atoms with Crippen LogP contribution in [-0.2, 0) is 47.4 Å². The number of benzene rings is 2. The van der Waals surface area contributed by atoms with Gasteiger partial charge in [-0.1, -0.05) is 11.6 Å². The third-order valence-electron chi connectivity index (χ3n) is 10.8. The molecule has 23 heteroatoms. The van der Waals surface area contributed by atoms with Crippen molar-refractivity contribution in [2.75, 3.05) is 11.0 Å². The number of anilines is 1. The molecule has 2 N–H and O–H groups in total. The SMILES string of the molecule is Cn1nc(NS(C)(=O)=O)c2c(Cl)ccc(-n3c([C@H](Cc4cc(F)cc(F)c4)NC(=O)Cn4nc(C(F)F)c5c4C(F)(F)[C@@H]4C[C@H]54)nc4nc(OCc5ccncc5)ccc4c3=O)c21. The van der Waals surface area contributed by atoms with Gasteiger partial charge in [0.1, 0.15) is 42.0 Å². The van der Waals surface area contributed by atoms with Crippen molar-refractivity contribution in [2.45, 2.75) is 50.3 Å². The zero-order valence-electron chi connectivity index (χ0n) is 32.7. The fraction of sp³-hybridized carbons (Fsp3) is 0.275. The lowest BCUT2D eigenvalue weighted by atomic mass is 10.0. The zero-order valence-corrected chi connectivity index (χ0v) is 34.2. The standard InChI is InChI=1S/C40H31ClF6N10O5S/c1-55-33-27(5-4-25(41)31(33)37(53-55)54-63(2,60)61)57-38(51-36-22(39(57)59)3-6-29(50-36)62-17-18-7-9-48-10-8-18)26(13-19-11-20(42)14-21(43)12-19)49-28(58)16-56-34-30(32(52-56)35(44)45)23-15-24(23)40(34,46)47/h3-12,14,23-24,26,35H,13,15-17H2,1-2H3,(H,49,58)(H,53,54)/t23-,24+,26-/m0/s1. The highest BCUT2D eigenvalue weighted by Crippen LogP contribution is 2.68. The van der Waals surface area contributed by atoms with Gasteiger partial charge in [-0.2, -0.15) is 24.0 Å². The molecule has 2 aliphatic rings. The van der Waals surface area contributed by atoms with Crippen LogP contribution < -0.4 is 20.3 Å². The number of nitrogens with one attached hydrogen (secondary N) is 2. The van der Waals surface area contributed by atoms with Gasteiger partial charge in [-0.05, 0) is 65.9 Å². The minimum atomic E-state index is -3.92. The fourth-order valence-electron chi connectivity index (χ4n) is 8.16. The van der Waals surface area contributed by atoms with Gasteiger partial charge in [0.2, 0.25) is 21.8 Å². The van der Waals surface area contributed by atoms with E-state index in [1.165, 1.54) is 36.0 Å². The number of nitrogens with zero attached hydrogens (tertiary/aromatic N) is 8. The van der Waals surface area contributed by atoms with E-state index in [-0.39, 0.29) is 74.3 Å². The van der Waals surface area contributed by atoms with Crippen molar-refractivity contribution in [1.29, 1.82) is 0 Å². The molecule has 0 saturated heterocycles.